The number of benzene rings is 1. The molecule has 1 aromatic heterocycles. The lowest BCUT2D eigenvalue weighted by Gasteiger charge is -2.09. The van der Waals surface area contributed by atoms with Crippen LogP contribution in [0, 0.1) is 5.82 Å². The zero-order valence-electron chi connectivity index (χ0n) is 11.5. The van der Waals surface area contributed by atoms with Crippen LogP contribution in [0.3, 0.4) is 0 Å². The third kappa shape index (κ3) is 3.45. The highest BCUT2D eigenvalue weighted by Gasteiger charge is 2.06. The molecule has 0 aliphatic heterocycles. The Morgan fingerprint density at radius 3 is 2.60 bits per heavy atom. The molecule has 20 heavy (non-hydrogen) atoms. The molecule has 0 atom stereocenters. The van der Waals surface area contributed by atoms with E-state index in [9.17, 15) is 4.39 Å². The Hall–Kier alpha value is -2.14. The normalized spacial score (nSPS) is 10.3. The molecule has 0 unspecified atom stereocenters. The molecule has 0 fully saturated rings. The first-order valence-corrected chi connectivity index (χ1v) is 6.25. The average Bonchev–Trinajstić information content (AvgIpc) is 2.49. The first-order valence-electron chi connectivity index (χ1n) is 6.25. The van der Waals surface area contributed by atoms with Gasteiger partial charge in [0.25, 0.3) is 0 Å². The number of nitrogens with one attached hydrogen (secondary N) is 1. The molecule has 4 nitrogen and oxygen atoms in total. The van der Waals surface area contributed by atoms with Gasteiger partial charge in [0.1, 0.15) is 11.6 Å². The van der Waals surface area contributed by atoms with E-state index in [1.165, 1.54) is 13.2 Å². The highest BCUT2D eigenvalue weighted by molar-refractivity contribution is 5.29. The first-order chi connectivity index (χ1) is 9.74. The lowest BCUT2D eigenvalue weighted by Crippen LogP contribution is -2.14. The summed E-state index contributed by atoms with van der Waals surface area (Å²) in [7, 11) is 3.09. The fraction of sp³-hybridized carbons (Fsp3) is 0.267. The van der Waals surface area contributed by atoms with Crippen LogP contribution in [0.1, 0.15) is 11.1 Å². The molecule has 1 heterocycles. The van der Waals surface area contributed by atoms with Gasteiger partial charge in [-0.25, -0.2) is 9.37 Å². The zero-order valence-corrected chi connectivity index (χ0v) is 11.5. The van der Waals surface area contributed by atoms with Crippen molar-refractivity contribution >= 4 is 0 Å². The summed E-state index contributed by atoms with van der Waals surface area (Å²) in [5, 5.41) is 3.17. The smallest absolute Gasteiger partial charge is 0.217 e. The van der Waals surface area contributed by atoms with Crippen LogP contribution in [0.25, 0.3) is 0 Å². The largest absolute Gasteiger partial charge is 0.497 e. The number of rotatable bonds is 6. The maximum atomic E-state index is 13.8. The maximum absolute atomic E-state index is 13.8. The van der Waals surface area contributed by atoms with Crippen LogP contribution in [0.15, 0.2) is 36.5 Å². The standard InChI is InChI=1S/C15H17FN2O2/c1-19-13-6-5-11(14(16)8-13)9-17-10-12-4-3-7-18-15(12)20-2/h3-8,17H,9-10H2,1-2H3. The van der Waals surface area contributed by atoms with Crippen molar-refractivity contribution in [3.05, 3.63) is 53.5 Å². The predicted octanol–water partition coefficient (Wildman–Crippen LogP) is 2.53. The molecule has 1 aromatic carbocycles. The average molecular weight is 276 g/mol. The van der Waals surface area contributed by atoms with Crippen molar-refractivity contribution in [3.63, 3.8) is 0 Å². The summed E-state index contributed by atoms with van der Waals surface area (Å²) >= 11 is 0. The fourth-order valence-corrected chi connectivity index (χ4v) is 1.87. The SMILES string of the molecule is COc1ccc(CNCc2cccnc2OC)c(F)c1. The van der Waals surface area contributed by atoms with Crippen LogP contribution in [0.2, 0.25) is 0 Å². The van der Waals surface area contributed by atoms with Gasteiger partial charge >= 0.3 is 0 Å². The van der Waals surface area contributed by atoms with Crippen LogP contribution in [-0.4, -0.2) is 19.2 Å². The highest BCUT2D eigenvalue weighted by atomic mass is 19.1. The summed E-state index contributed by atoms with van der Waals surface area (Å²) in [4.78, 5) is 4.11. The Bertz CT molecular complexity index is 576. The van der Waals surface area contributed by atoms with E-state index in [0.717, 1.165) is 5.56 Å². The third-order valence-corrected chi connectivity index (χ3v) is 2.93. The molecule has 0 bridgehead atoms. The molecule has 106 valence electrons. The van der Waals surface area contributed by atoms with E-state index in [2.05, 4.69) is 10.3 Å². The molecule has 2 aromatic rings. The van der Waals surface area contributed by atoms with Crippen molar-refractivity contribution < 1.29 is 13.9 Å². The summed E-state index contributed by atoms with van der Waals surface area (Å²) in [6.07, 6.45) is 1.67. The molecule has 1 N–H and O–H groups in total. The molecule has 5 heteroatoms. The summed E-state index contributed by atoms with van der Waals surface area (Å²) < 4.78 is 23.9. The van der Waals surface area contributed by atoms with Gasteiger partial charge in [0.05, 0.1) is 14.2 Å². The quantitative estimate of drug-likeness (QED) is 0.880. The number of ether oxygens (including phenoxy) is 2. The summed E-state index contributed by atoms with van der Waals surface area (Å²) in [6, 6.07) is 8.59. The summed E-state index contributed by atoms with van der Waals surface area (Å²) in [5.74, 6) is 0.811. The second-order valence-corrected chi connectivity index (χ2v) is 4.23. The monoisotopic (exact) mass is 276 g/mol. The van der Waals surface area contributed by atoms with Crippen molar-refractivity contribution in [1.29, 1.82) is 0 Å². The number of halogens is 1. The number of pyridine rings is 1. The number of methoxy groups -OCH3 is 2. The van der Waals surface area contributed by atoms with Gasteiger partial charge in [0.15, 0.2) is 0 Å². The number of nitrogens with zero attached hydrogens (tertiary/aromatic N) is 1. The van der Waals surface area contributed by atoms with Crippen LogP contribution < -0.4 is 14.8 Å². The minimum Gasteiger partial charge on any atom is -0.497 e. The summed E-state index contributed by atoms with van der Waals surface area (Å²) in [5.41, 5.74) is 1.53. The third-order valence-electron chi connectivity index (χ3n) is 2.93. The topological polar surface area (TPSA) is 43.4 Å². The Morgan fingerprint density at radius 2 is 1.90 bits per heavy atom. The van der Waals surface area contributed by atoms with Crippen LogP contribution in [0.4, 0.5) is 4.39 Å². The van der Waals surface area contributed by atoms with Crippen molar-refractivity contribution in [3.8, 4) is 11.6 Å². The Balaban J connectivity index is 1.96. The Kier molecular flexibility index (Phi) is 4.90. The number of hydrogen-bond donors (Lipinski definition) is 1. The van der Waals surface area contributed by atoms with Gasteiger partial charge in [0, 0.05) is 36.5 Å². The number of hydrogen-bond acceptors (Lipinski definition) is 4. The van der Waals surface area contributed by atoms with Crippen molar-refractivity contribution in [2.45, 2.75) is 13.1 Å². The molecular weight excluding hydrogens is 259 g/mol. The maximum Gasteiger partial charge on any atom is 0.217 e. The number of aromatic nitrogens is 1. The van der Waals surface area contributed by atoms with Crippen LogP contribution in [-0.2, 0) is 13.1 Å². The van der Waals surface area contributed by atoms with Gasteiger partial charge < -0.3 is 14.8 Å². The highest BCUT2D eigenvalue weighted by Crippen LogP contribution is 2.17. The Labute approximate surface area is 117 Å². The van der Waals surface area contributed by atoms with E-state index in [1.807, 2.05) is 12.1 Å². The van der Waals surface area contributed by atoms with E-state index in [0.29, 0.717) is 30.3 Å². The lowest BCUT2D eigenvalue weighted by atomic mass is 10.2. The van der Waals surface area contributed by atoms with Gasteiger partial charge in [-0.05, 0) is 12.1 Å². The van der Waals surface area contributed by atoms with Gasteiger partial charge in [-0.1, -0.05) is 12.1 Å². The molecule has 0 aliphatic rings. The molecule has 2 rings (SSSR count). The minimum atomic E-state index is -0.282. The van der Waals surface area contributed by atoms with E-state index in [1.54, 1.807) is 25.4 Å². The molecule has 0 saturated carbocycles. The van der Waals surface area contributed by atoms with Crippen molar-refractivity contribution in [1.82, 2.24) is 10.3 Å². The second-order valence-electron chi connectivity index (χ2n) is 4.23. The first kappa shape index (κ1) is 14.3. The molecular formula is C15H17FN2O2. The Morgan fingerprint density at radius 1 is 1.10 bits per heavy atom. The van der Waals surface area contributed by atoms with Crippen LogP contribution >= 0.6 is 0 Å². The van der Waals surface area contributed by atoms with Crippen LogP contribution in [0.5, 0.6) is 11.6 Å². The molecule has 0 saturated heterocycles. The van der Waals surface area contributed by atoms with Crippen molar-refractivity contribution in [2.75, 3.05) is 14.2 Å². The second kappa shape index (κ2) is 6.86. The molecule has 0 spiro atoms. The van der Waals surface area contributed by atoms with E-state index in [-0.39, 0.29) is 5.82 Å². The van der Waals surface area contributed by atoms with Gasteiger partial charge in [-0.2, -0.15) is 0 Å². The van der Waals surface area contributed by atoms with Gasteiger partial charge in [0.2, 0.25) is 5.88 Å². The minimum absolute atomic E-state index is 0.282. The summed E-state index contributed by atoms with van der Waals surface area (Å²) in [6.45, 7) is 0.982. The zero-order chi connectivity index (χ0) is 14.4. The van der Waals surface area contributed by atoms with E-state index >= 15 is 0 Å². The molecule has 0 amide bonds. The van der Waals surface area contributed by atoms with Gasteiger partial charge in [-0.15, -0.1) is 0 Å². The molecule has 0 aliphatic carbocycles. The fourth-order valence-electron chi connectivity index (χ4n) is 1.87. The van der Waals surface area contributed by atoms with E-state index in [4.69, 9.17) is 9.47 Å². The lowest BCUT2D eigenvalue weighted by molar-refractivity contribution is 0.390. The predicted molar refractivity (Wildman–Crippen MR) is 74.3 cm³/mol. The van der Waals surface area contributed by atoms with E-state index < -0.39 is 0 Å². The van der Waals surface area contributed by atoms with Gasteiger partial charge in [-0.3, -0.25) is 0 Å². The van der Waals surface area contributed by atoms with Crippen molar-refractivity contribution in [2.24, 2.45) is 0 Å². The molecule has 0 radical (unpaired) electrons.